The number of fused-ring (bicyclic) bond motifs is 2. The number of amides is 2. The standard InChI is InChI=1S/C25H28N4O2S2/c26-14-18-16-8-3-1-5-10-20(16)32-24(18)28-22(30)12-7-13-23(31)29-25-19(15-27)17-9-4-2-6-11-21(17)33-25/h1-13H2,(H,28,30)(H,29,31). The number of nitrogens with one attached hydrogen (secondary N) is 2. The molecule has 2 heterocycles. The lowest BCUT2D eigenvalue weighted by Crippen LogP contribution is -2.15. The second-order valence-electron chi connectivity index (χ2n) is 8.71. The van der Waals surface area contributed by atoms with E-state index >= 15 is 0 Å². The van der Waals surface area contributed by atoms with Crippen LogP contribution in [-0.4, -0.2) is 11.8 Å². The molecule has 0 saturated heterocycles. The average Bonchev–Trinajstić information content (AvgIpc) is 3.05. The van der Waals surface area contributed by atoms with Gasteiger partial charge in [-0.25, -0.2) is 0 Å². The van der Waals surface area contributed by atoms with Gasteiger partial charge in [-0.05, 0) is 68.9 Å². The van der Waals surface area contributed by atoms with Gasteiger partial charge in [0.05, 0.1) is 11.1 Å². The SMILES string of the molecule is N#Cc1c(NC(=O)CCCC(=O)Nc2sc3c(c2C#N)CCCCC3)sc2c1CCCCC2. The van der Waals surface area contributed by atoms with Gasteiger partial charge in [-0.15, -0.1) is 22.7 Å². The Morgan fingerprint density at radius 2 is 1.12 bits per heavy atom. The van der Waals surface area contributed by atoms with E-state index < -0.39 is 0 Å². The van der Waals surface area contributed by atoms with Gasteiger partial charge in [0.25, 0.3) is 0 Å². The van der Waals surface area contributed by atoms with Gasteiger partial charge in [-0.1, -0.05) is 12.8 Å². The lowest BCUT2D eigenvalue weighted by Gasteiger charge is -2.06. The van der Waals surface area contributed by atoms with Crippen molar-refractivity contribution in [1.82, 2.24) is 0 Å². The number of anilines is 2. The van der Waals surface area contributed by atoms with Gasteiger partial charge < -0.3 is 10.6 Å². The van der Waals surface area contributed by atoms with Crippen LogP contribution in [0.4, 0.5) is 10.0 Å². The zero-order chi connectivity index (χ0) is 23.2. The molecule has 2 aliphatic rings. The minimum absolute atomic E-state index is 0.170. The molecule has 0 fully saturated rings. The first-order valence-electron chi connectivity index (χ1n) is 11.8. The van der Waals surface area contributed by atoms with E-state index in [9.17, 15) is 20.1 Å². The van der Waals surface area contributed by atoms with Crippen molar-refractivity contribution in [2.75, 3.05) is 10.6 Å². The first kappa shape index (κ1) is 23.5. The van der Waals surface area contributed by atoms with E-state index in [-0.39, 0.29) is 24.7 Å². The third-order valence-corrected chi connectivity index (χ3v) is 8.79. The molecule has 0 unspecified atom stereocenters. The van der Waals surface area contributed by atoms with Crippen LogP contribution in [0.5, 0.6) is 0 Å². The molecule has 0 bridgehead atoms. The van der Waals surface area contributed by atoms with E-state index in [1.807, 2.05) is 0 Å². The predicted octanol–water partition coefficient (Wildman–Crippen LogP) is 5.84. The summed E-state index contributed by atoms with van der Waals surface area (Å²) >= 11 is 3.05. The lowest BCUT2D eigenvalue weighted by atomic mass is 10.1. The van der Waals surface area contributed by atoms with Crippen molar-refractivity contribution in [1.29, 1.82) is 10.5 Å². The highest BCUT2D eigenvalue weighted by Gasteiger charge is 2.22. The smallest absolute Gasteiger partial charge is 0.225 e. The van der Waals surface area contributed by atoms with Crippen LogP contribution in [0.15, 0.2) is 0 Å². The van der Waals surface area contributed by atoms with Crippen molar-refractivity contribution in [2.45, 2.75) is 83.5 Å². The van der Waals surface area contributed by atoms with E-state index in [0.29, 0.717) is 27.5 Å². The van der Waals surface area contributed by atoms with E-state index in [2.05, 4.69) is 22.8 Å². The van der Waals surface area contributed by atoms with E-state index in [4.69, 9.17) is 0 Å². The van der Waals surface area contributed by atoms with Gasteiger partial charge in [0, 0.05) is 22.6 Å². The normalized spacial score (nSPS) is 15.2. The molecular formula is C25H28N4O2S2. The molecule has 4 rings (SSSR count). The lowest BCUT2D eigenvalue weighted by molar-refractivity contribution is -0.117. The van der Waals surface area contributed by atoms with Gasteiger partial charge in [0.1, 0.15) is 22.1 Å². The maximum Gasteiger partial charge on any atom is 0.225 e. The van der Waals surface area contributed by atoms with Crippen molar-refractivity contribution in [3.63, 3.8) is 0 Å². The number of thiophene rings is 2. The molecule has 0 aromatic carbocycles. The molecule has 0 saturated carbocycles. The highest BCUT2D eigenvalue weighted by Crippen LogP contribution is 2.38. The third-order valence-electron chi connectivity index (χ3n) is 6.38. The molecule has 8 heteroatoms. The Balaban J connectivity index is 1.30. The Morgan fingerprint density at radius 3 is 1.55 bits per heavy atom. The minimum Gasteiger partial charge on any atom is -0.317 e. The van der Waals surface area contributed by atoms with Crippen LogP contribution in [-0.2, 0) is 35.3 Å². The Morgan fingerprint density at radius 1 is 0.697 bits per heavy atom. The summed E-state index contributed by atoms with van der Waals surface area (Å²) in [6, 6.07) is 4.56. The number of hydrogen-bond donors (Lipinski definition) is 2. The molecule has 172 valence electrons. The molecule has 6 nitrogen and oxygen atoms in total. The zero-order valence-corrected chi connectivity index (χ0v) is 20.4. The number of nitriles is 2. The van der Waals surface area contributed by atoms with Crippen molar-refractivity contribution in [3.05, 3.63) is 32.0 Å². The fraction of sp³-hybridized carbons (Fsp3) is 0.520. The molecule has 2 aliphatic carbocycles. The highest BCUT2D eigenvalue weighted by molar-refractivity contribution is 7.17. The fourth-order valence-electron chi connectivity index (χ4n) is 4.69. The Labute approximate surface area is 202 Å². The molecule has 33 heavy (non-hydrogen) atoms. The van der Waals surface area contributed by atoms with E-state index in [1.165, 1.54) is 45.3 Å². The second-order valence-corrected chi connectivity index (χ2v) is 10.9. The Kier molecular flexibility index (Phi) is 7.80. The number of carbonyl (C=O) groups excluding carboxylic acids is 2. The van der Waals surface area contributed by atoms with Crippen LogP contribution in [0.2, 0.25) is 0 Å². The van der Waals surface area contributed by atoms with E-state index in [0.717, 1.165) is 62.5 Å². The molecule has 0 radical (unpaired) electrons. The van der Waals surface area contributed by atoms with Gasteiger partial charge in [0.15, 0.2) is 0 Å². The third kappa shape index (κ3) is 5.46. The largest absolute Gasteiger partial charge is 0.317 e. The first-order valence-corrected chi connectivity index (χ1v) is 13.4. The fourth-order valence-corrected chi connectivity index (χ4v) is 7.20. The summed E-state index contributed by atoms with van der Waals surface area (Å²) in [6.07, 6.45) is 11.4. The molecule has 0 aliphatic heterocycles. The van der Waals surface area contributed by atoms with Crippen LogP contribution >= 0.6 is 22.7 Å². The van der Waals surface area contributed by atoms with Gasteiger partial charge in [-0.2, -0.15) is 10.5 Å². The first-order chi connectivity index (χ1) is 16.1. The Hall–Kier alpha value is -2.68. The number of carbonyl (C=O) groups is 2. The van der Waals surface area contributed by atoms with Crippen LogP contribution in [0, 0.1) is 22.7 Å². The van der Waals surface area contributed by atoms with Gasteiger partial charge in [-0.3, -0.25) is 9.59 Å². The molecular weight excluding hydrogens is 452 g/mol. The van der Waals surface area contributed by atoms with Crippen molar-refractivity contribution >= 4 is 44.5 Å². The number of hydrogen-bond acceptors (Lipinski definition) is 6. The maximum absolute atomic E-state index is 12.5. The van der Waals surface area contributed by atoms with Crippen molar-refractivity contribution in [2.24, 2.45) is 0 Å². The summed E-state index contributed by atoms with van der Waals surface area (Å²) in [5, 5.41) is 26.3. The zero-order valence-electron chi connectivity index (χ0n) is 18.7. The summed E-state index contributed by atoms with van der Waals surface area (Å²) in [5.74, 6) is -0.340. The molecule has 2 N–H and O–H groups in total. The Bertz CT molecular complexity index is 1040. The topological polar surface area (TPSA) is 106 Å². The summed E-state index contributed by atoms with van der Waals surface area (Å²) in [5.41, 5.74) is 3.45. The van der Waals surface area contributed by atoms with Crippen LogP contribution in [0.25, 0.3) is 0 Å². The van der Waals surface area contributed by atoms with Crippen LogP contribution in [0.1, 0.15) is 89.8 Å². The van der Waals surface area contributed by atoms with Gasteiger partial charge >= 0.3 is 0 Å². The van der Waals surface area contributed by atoms with Gasteiger partial charge in [0.2, 0.25) is 11.8 Å². The maximum atomic E-state index is 12.5. The predicted molar refractivity (Wildman–Crippen MR) is 132 cm³/mol. The molecule has 2 amide bonds. The second kappa shape index (κ2) is 11.0. The molecule has 0 spiro atoms. The highest BCUT2D eigenvalue weighted by atomic mass is 32.1. The summed E-state index contributed by atoms with van der Waals surface area (Å²) < 4.78 is 0. The van der Waals surface area contributed by atoms with Crippen molar-refractivity contribution < 1.29 is 9.59 Å². The number of aryl methyl sites for hydroxylation is 2. The molecule has 2 aromatic heterocycles. The van der Waals surface area contributed by atoms with E-state index in [1.54, 1.807) is 0 Å². The quantitative estimate of drug-likeness (QED) is 0.507. The average molecular weight is 481 g/mol. The molecule has 0 atom stereocenters. The van der Waals surface area contributed by atoms with Crippen molar-refractivity contribution in [3.8, 4) is 12.1 Å². The number of rotatable bonds is 6. The number of nitrogens with zero attached hydrogens (tertiary/aromatic N) is 2. The minimum atomic E-state index is -0.170. The molecule has 2 aromatic rings. The summed E-state index contributed by atoms with van der Waals surface area (Å²) in [4.78, 5) is 27.4. The van der Waals surface area contributed by atoms with Crippen LogP contribution < -0.4 is 10.6 Å². The van der Waals surface area contributed by atoms with Crippen LogP contribution in [0.3, 0.4) is 0 Å². The summed E-state index contributed by atoms with van der Waals surface area (Å²) in [7, 11) is 0. The monoisotopic (exact) mass is 480 g/mol. The summed E-state index contributed by atoms with van der Waals surface area (Å²) in [6.45, 7) is 0.